The molecule has 0 radical (unpaired) electrons. The van der Waals surface area contributed by atoms with Gasteiger partial charge in [-0.1, -0.05) is 13.8 Å². The molecule has 110 valence electrons. The predicted octanol–water partition coefficient (Wildman–Crippen LogP) is 2.97. The molecule has 5 heteroatoms. The zero-order chi connectivity index (χ0) is 14.7. The quantitative estimate of drug-likeness (QED) is 0.897. The number of hydrogen-bond acceptors (Lipinski definition) is 3. The minimum absolute atomic E-state index is 0.00991. The zero-order valence-corrected chi connectivity index (χ0v) is 13.2. The van der Waals surface area contributed by atoms with Crippen molar-refractivity contribution in [1.29, 1.82) is 0 Å². The molecule has 0 aliphatic heterocycles. The summed E-state index contributed by atoms with van der Waals surface area (Å²) in [4.78, 5) is 25.2. The number of nitrogens with one attached hydrogen (secondary N) is 2. The standard InChI is InChI=1S/C15H22N2O2S/c1-4-5-12(18)17-15-13(14(19)16-3)10-7-6-9(2)8-11(10)20-15/h9H,4-8H2,1-3H3,(H,16,19)(H,17,18)/t9-/m1/s1. The van der Waals surface area contributed by atoms with E-state index >= 15 is 0 Å². The molecule has 1 aliphatic rings. The van der Waals surface area contributed by atoms with Gasteiger partial charge in [0.1, 0.15) is 5.00 Å². The number of fused-ring (bicyclic) bond motifs is 1. The zero-order valence-electron chi connectivity index (χ0n) is 12.3. The molecule has 1 heterocycles. The first-order valence-electron chi connectivity index (χ1n) is 7.23. The van der Waals surface area contributed by atoms with Gasteiger partial charge in [-0.3, -0.25) is 9.59 Å². The van der Waals surface area contributed by atoms with Crippen LogP contribution in [0.4, 0.5) is 5.00 Å². The minimum atomic E-state index is -0.0937. The van der Waals surface area contributed by atoms with Gasteiger partial charge in [0.05, 0.1) is 5.56 Å². The summed E-state index contributed by atoms with van der Waals surface area (Å²) in [5.41, 5.74) is 1.82. The van der Waals surface area contributed by atoms with Crippen LogP contribution < -0.4 is 10.6 Å². The topological polar surface area (TPSA) is 58.2 Å². The molecule has 20 heavy (non-hydrogen) atoms. The Morgan fingerprint density at radius 3 is 2.80 bits per heavy atom. The van der Waals surface area contributed by atoms with Crippen LogP contribution in [0, 0.1) is 5.92 Å². The maximum Gasteiger partial charge on any atom is 0.254 e. The number of thiophene rings is 1. The van der Waals surface area contributed by atoms with Crippen molar-refractivity contribution in [3.8, 4) is 0 Å². The lowest BCUT2D eigenvalue weighted by Crippen LogP contribution is -2.22. The monoisotopic (exact) mass is 294 g/mol. The molecule has 1 aliphatic carbocycles. The van der Waals surface area contributed by atoms with E-state index in [1.54, 1.807) is 18.4 Å². The molecule has 0 saturated heterocycles. The van der Waals surface area contributed by atoms with Gasteiger partial charge in [0, 0.05) is 18.3 Å². The maximum atomic E-state index is 12.1. The van der Waals surface area contributed by atoms with Crippen LogP contribution in [0.3, 0.4) is 0 Å². The van der Waals surface area contributed by atoms with Crippen LogP contribution in [0.5, 0.6) is 0 Å². The Morgan fingerprint density at radius 2 is 2.15 bits per heavy atom. The van der Waals surface area contributed by atoms with Crippen LogP contribution in [0.25, 0.3) is 0 Å². The van der Waals surface area contributed by atoms with E-state index in [1.807, 2.05) is 6.92 Å². The Labute approximate surface area is 124 Å². The average Bonchev–Trinajstić information content (AvgIpc) is 2.74. The third-order valence-electron chi connectivity index (χ3n) is 3.70. The van der Waals surface area contributed by atoms with Gasteiger partial charge in [-0.15, -0.1) is 11.3 Å². The molecule has 2 N–H and O–H groups in total. The fraction of sp³-hybridized carbons (Fsp3) is 0.600. The van der Waals surface area contributed by atoms with Gasteiger partial charge >= 0.3 is 0 Å². The summed E-state index contributed by atoms with van der Waals surface area (Å²) in [6.45, 7) is 4.21. The van der Waals surface area contributed by atoms with Crippen LogP contribution in [0.15, 0.2) is 0 Å². The second kappa shape index (κ2) is 6.39. The lowest BCUT2D eigenvalue weighted by molar-refractivity contribution is -0.116. The van der Waals surface area contributed by atoms with Crippen molar-refractivity contribution >= 4 is 28.2 Å². The number of hydrogen-bond donors (Lipinski definition) is 2. The Bertz CT molecular complexity index is 522. The first-order valence-corrected chi connectivity index (χ1v) is 8.04. The van der Waals surface area contributed by atoms with Gasteiger partial charge in [0.15, 0.2) is 0 Å². The number of anilines is 1. The molecule has 0 spiro atoms. The van der Waals surface area contributed by atoms with E-state index in [0.717, 1.165) is 36.2 Å². The normalized spacial score (nSPS) is 17.4. The third kappa shape index (κ3) is 3.03. The van der Waals surface area contributed by atoms with Crippen molar-refractivity contribution < 1.29 is 9.59 Å². The highest BCUT2D eigenvalue weighted by Gasteiger charge is 2.27. The van der Waals surface area contributed by atoms with Crippen LogP contribution in [-0.4, -0.2) is 18.9 Å². The molecule has 0 unspecified atom stereocenters. The van der Waals surface area contributed by atoms with Crippen LogP contribution in [0.2, 0.25) is 0 Å². The molecule has 0 bridgehead atoms. The molecule has 2 rings (SSSR count). The first kappa shape index (κ1) is 15.0. The number of amides is 2. The SMILES string of the molecule is CCCC(=O)Nc1sc2c(c1C(=O)NC)CC[C@@H](C)C2. The summed E-state index contributed by atoms with van der Waals surface area (Å²) in [5.74, 6) is 0.547. The van der Waals surface area contributed by atoms with Crippen molar-refractivity contribution in [3.63, 3.8) is 0 Å². The van der Waals surface area contributed by atoms with Crippen molar-refractivity contribution in [1.82, 2.24) is 5.32 Å². The van der Waals surface area contributed by atoms with Gasteiger partial charge in [-0.2, -0.15) is 0 Å². The minimum Gasteiger partial charge on any atom is -0.355 e. The molecule has 0 saturated carbocycles. The Kier molecular flexibility index (Phi) is 4.81. The van der Waals surface area contributed by atoms with E-state index in [0.29, 0.717) is 17.9 Å². The van der Waals surface area contributed by atoms with E-state index in [2.05, 4.69) is 17.6 Å². The van der Waals surface area contributed by atoms with E-state index in [-0.39, 0.29) is 11.8 Å². The largest absolute Gasteiger partial charge is 0.355 e. The third-order valence-corrected chi connectivity index (χ3v) is 4.87. The smallest absolute Gasteiger partial charge is 0.254 e. The van der Waals surface area contributed by atoms with E-state index in [9.17, 15) is 9.59 Å². The number of carbonyl (C=O) groups excluding carboxylic acids is 2. The lowest BCUT2D eigenvalue weighted by atomic mass is 9.88. The molecule has 0 aromatic carbocycles. The molecular formula is C15H22N2O2S. The maximum absolute atomic E-state index is 12.1. The summed E-state index contributed by atoms with van der Waals surface area (Å²) in [5, 5.41) is 6.33. The molecular weight excluding hydrogens is 272 g/mol. The van der Waals surface area contributed by atoms with Crippen molar-refractivity contribution in [2.75, 3.05) is 12.4 Å². The summed E-state index contributed by atoms with van der Waals surface area (Å²) < 4.78 is 0. The highest BCUT2D eigenvalue weighted by molar-refractivity contribution is 7.17. The summed E-state index contributed by atoms with van der Waals surface area (Å²) in [7, 11) is 1.63. The fourth-order valence-corrected chi connectivity index (χ4v) is 4.04. The molecule has 4 nitrogen and oxygen atoms in total. The van der Waals surface area contributed by atoms with Crippen LogP contribution in [0.1, 0.15) is 53.9 Å². The fourth-order valence-electron chi connectivity index (χ4n) is 2.62. The van der Waals surface area contributed by atoms with Gasteiger partial charge in [-0.05, 0) is 37.2 Å². The first-order chi connectivity index (χ1) is 9.56. The van der Waals surface area contributed by atoms with Gasteiger partial charge in [0.25, 0.3) is 5.91 Å². The molecule has 1 atom stereocenters. The summed E-state index contributed by atoms with van der Waals surface area (Å²) >= 11 is 1.57. The van der Waals surface area contributed by atoms with Gasteiger partial charge in [0.2, 0.25) is 5.91 Å². The van der Waals surface area contributed by atoms with E-state index in [4.69, 9.17) is 0 Å². The molecule has 1 aromatic rings. The predicted molar refractivity (Wildman–Crippen MR) is 82.4 cm³/mol. The van der Waals surface area contributed by atoms with E-state index in [1.165, 1.54) is 4.88 Å². The molecule has 1 aromatic heterocycles. The van der Waals surface area contributed by atoms with Crippen molar-refractivity contribution in [2.45, 2.75) is 46.0 Å². The summed E-state index contributed by atoms with van der Waals surface area (Å²) in [6.07, 6.45) is 4.35. The molecule has 2 amide bonds. The van der Waals surface area contributed by atoms with Crippen LogP contribution in [-0.2, 0) is 17.6 Å². The highest BCUT2D eigenvalue weighted by atomic mass is 32.1. The van der Waals surface area contributed by atoms with Crippen molar-refractivity contribution in [2.24, 2.45) is 5.92 Å². The molecule has 0 fully saturated rings. The average molecular weight is 294 g/mol. The number of rotatable bonds is 4. The summed E-state index contributed by atoms with van der Waals surface area (Å²) in [6, 6.07) is 0. The van der Waals surface area contributed by atoms with Crippen molar-refractivity contribution in [3.05, 3.63) is 16.0 Å². The Hall–Kier alpha value is -1.36. The second-order valence-corrected chi connectivity index (χ2v) is 6.54. The van der Waals surface area contributed by atoms with Gasteiger partial charge in [-0.25, -0.2) is 0 Å². The van der Waals surface area contributed by atoms with E-state index < -0.39 is 0 Å². The Balaban J connectivity index is 2.35. The Morgan fingerprint density at radius 1 is 1.40 bits per heavy atom. The number of carbonyl (C=O) groups is 2. The van der Waals surface area contributed by atoms with Crippen LogP contribution >= 0.6 is 11.3 Å². The second-order valence-electron chi connectivity index (χ2n) is 5.43. The van der Waals surface area contributed by atoms with Gasteiger partial charge < -0.3 is 10.6 Å². The lowest BCUT2D eigenvalue weighted by Gasteiger charge is -2.18. The highest BCUT2D eigenvalue weighted by Crippen LogP contribution is 2.39.